The molecule has 0 fully saturated rings. The number of fused-ring (bicyclic) bond motifs is 1. The van der Waals surface area contributed by atoms with Gasteiger partial charge in [-0.15, -0.1) is 0 Å². The maximum Gasteiger partial charge on any atom is 0.175 e. The molecule has 0 spiro atoms. The molecule has 0 aliphatic heterocycles. The highest BCUT2D eigenvalue weighted by molar-refractivity contribution is 7.90. The molecule has 0 saturated carbocycles. The highest BCUT2D eigenvalue weighted by Crippen LogP contribution is 2.18. The number of hydrogen-bond acceptors (Lipinski definition) is 4. The van der Waals surface area contributed by atoms with Gasteiger partial charge >= 0.3 is 0 Å². The van der Waals surface area contributed by atoms with Crippen LogP contribution in [0.1, 0.15) is 31.5 Å². The van der Waals surface area contributed by atoms with Crippen LogP contribution in [0.2, 0.25) is 0 Å². The van der Waals surface area contributed by atoms with Gasteiger partial charge in [0.15, 0.2) is 9.84 Å². The van der Waals surface area contributed by atoms with Gasteiger partial charge in [0.25, 0.3) is 0 Å². The third-order valence-corrected chi connectivity index (χ3v) is 4.41. The predicted octanol–water partition coefficient (Wildman–Crippen LogP) is 2.03. The normalized spacial score (nSPS) is 12.1. The van der Waals surface area contributed by atoms with Gasteiger partial charge in [0.05, 0.1) is 15.9 Å². The average molecular weight is 295 g/mol. The molecular weight excluding hydrogens is 274 g/mol. The summed E-state index contributed by atoms with van der Waals surface area (Å²) in [7, 11) is -3.17. The van der Waals surface area contributed by atoms with Gasteiger partial charge < -0.3 is 10.7 Å². The molecule has 6 heteroatoms. The molecule has 0 unspecified atom stereocenters. The van der Waals surface area contributed by atoms with Crippen molar-refractivity contribution in [1.29, 1.82) is 0 Å². The van der Waals surface area contributed by atoms with Gasteiger partial charge in [-0.1, -0.05) is 12.8 Å². The van der Waals surface area contributed by atoms with Gasteiger partial charge in [0, 0.05) is 12.7 Å². The van der Waals surface area contributed by atoms with Crippen LogP contribution in [0.4, 0.5) is 0 Å². The molecule has 0 radical (unpaired) electrons. The first-order chi connectivity index (χ1) is 9.50. The van der Waals surface area contributed by atoms with E-state index in [1.54, 1.807) is 18.2 Å². The second-order valence-electron chi connectivity index (χ2n) is 5.09. The Morgan fingerprint density at radius 1 is 1.20 bits per heavy atom. The first-order valence-electron chi connectivity index (χ1n) is 6.89. The fraction of sp³-hybridized carbons (Fsp3) is 0.500. The third-order valence-electron chi connectivity index (χ3n) is 3.30. The highest BCUT2D eigenvalue weighted by Gasteiger charge is 2.10. The van der Waals surface area contributed by atoms with Crippen LogP contribution >= 0.6 is 0 Å². The summed E-state index contributed by atoms with van der Waals surface area (Å²) in [5.74, 6) is 0.915. The fourth-order valence-corrected chi connectivity index (χ4v) is 2.83. The topological polar surface area (TPSA) is 88.8 Å². The molecule has 0 atom stereocenters. The Bertz CT molecular complexity index is 677. The number of nitrogens with zero attached hydrogens (tertiary/aromatic N) is 1. The van der Waals surface area contributed by atoms with E-state index < -0.39 is 9.84 Å². The quantitative estimate of drug-likeness (QED) is 0.765. The van der Waals surface area contributed by atoms with E-state index in [0.717, 1.165) is 55.5 Å². The number of nitrogens with two attached hydrogens (primary N) is 1. The van der Waals surface area contributed by atoms with Crippen LogP contribution in [-0.2, 0) is 16.3 Å². The van der Waals surface area contributed by atoms with Gasteiger partial charge in [0.1, 0.15) is 5.82 Å². The van der Waals surface area contributed by atoms with Crippen molar-refractivity contribution >= 4 is 20.9 Å². The predicted molar refractivity (Wildman–Crippen MR) is 80.4 cm³/mol. The van der Waals surface area contributed by atoms with Gasteiger partial charge in [-0.2, -0.15) is 0 Å². The summed E-state index contributed by atoms with van der Waals surface area (Å²) in [6.45, 7) is 0.749. The minimum atomic E-state index is -3.17. The number of unbranched alkanes of at least 4 members (excludes halogenated alkanes) is 3. The Morgan fingerprint density at radius 3 is 2.65 bits per heavy atom. The number of hydrogen-bond donors (Lipinski definition) is 2. The standard InChI is InChI=1S/C14H21N3O2S/c1-20(18,19)11-7-8-12-13(10-11)17-14(16-12)6-4-2-3-5-9-15/h7-8,10H,2-6,9,15H2,1H3,(H,16,17). The van der Waals surface area contributed by atoms with Gasteiger partial charge in [-0.05, 0) is 37.6 Å². The summed E-state index contributed by atoms with van der Waals surface area (Å²) >= 11 is 0. The molecule has 2 rings (SSSR count). The molecule has 1 aromatic carbocycles. The molecule has 1 heterocycles. The van der Waals surface area contributed by atoms with Crippen molar-refractivity contribution in [2.24, 2.45) is 5.73 Å². The van der Waals surface area contributed by atoms with Crippen molar-refractivity contribution in [2.75, 3.05) is 12.8 Å². The van der Waals surface area contributed by atoms with Gasteiger partial charge in [-0.3, -0.25) is 0 Å². The number of H-pyrrole nitrogens is 1. The lowest BCUT2D eigenvalue weighted by molar-refractivity contribution is 0.602. The minimum Gasteiger partial charge on any atom is -0.342 e. The number of sulfone groups is 1. The summed E-state index contributed by atoms with van der Waals surface area (Å²) in [6, 6.07) is 5.00. The van der Waals surface area contributed by atoms with E-state index in [1.807, 2.05) is 0 Å². The summed E-state index contributed by atoms with van der Waals surface area (Å²) in [4.78, 5) is 8.00. The third kappa shape index (κ3) is 3.80. The first kappa shape index (κ1) is 15.0. The molecule has 3 N–H and O–H groups in total. The Kier molecular flexibility index (Phi) is 4.77. The van der Waals surface area contributed by atoms with E-state index in [9.17, 15) is 8.42 Å². The molecule has 0 amide bonds. The van der Waals surface area contributed by atoms with E-state index >= 15 is 0 Å². The summed E-state index contributed by atoms with van der Waals surface area (Å²) < 4.78 is 23.0. The van der Waals surface area contributed by atoms with Crippen molar-refractivity contribution in [1.82, 2.24) is 9.97 Å². The number of aryl methyl sites for hydroxylation is 1. The van der Waals surface area contributed by atoms with Crippen LogP contribution in [-0.4, -0.2) is 31.2 Å². The smallest absolute Gasteiger partial charge is 0.175 e. The Balaban J connectivity index is 2.06. The summed E-state index contributed by atoms with van der Waals surface area (Å²) in [6.07, 6.45) is 6.52. The SMILES string of the molecule is CS(=O)(=O)c1ccc2nc(CCCCCCN)[nH]c2c1. The second-order valence-corrected chi connectivity index (χ2v) is 7.10. The van der Waals surface area contributed by atoms with E-state index in [-0.39, 0.29) is 0 Å². The van der Waals surface area contributed by atoms with Crippen LogP contribution in [0.25, 0.3) is 11.0 Å². The van der Waals surface area contributed by atoms with Crippen molar-refractivity contribution in [3.05, 3.63) is 24.0 Å². The number of rotatable bonds is 7. The average Bonchev–Trinajstić information content (AvgIpc) is 2.79. The molecular formula is C14H21N3O2S. The molecule has 110 valence electrons. The molecule has 5 nitrogen and oxygen atoms in total. The van der Waals surface area contributed by atoms with E-state index in [4.69, 9.17) is 5.73 Å². The van der Waals surface area contributed by atoms with Crippen LogP contribution in [0.5, 0.6) is 0 Å². The maximum atomic E-state index is 11.5. The minimum absolute atomic E-state index is 0.322. The number of imidazole rings is 1. The van der Waals surface area contributed by atoms with Gasteiger partial charge in [0.2, 0.25) is 0 Å². The Labute approximate surface area is 119 Å². The van der Waals surface area contributed by atoms with Crippen LogP contribution in [0.3, 0.4) is 0 Å². The Hall–Kier alpha value is -1.40. The lowest BCUT2D eigenvalue weighted by Gasteiger charge is -1.97. The number of nitrogens with one attached hydrogen (secondary N) is 1. The first-order valence-corrected chi connectivity index (χ1v) is 8.78. The van der Waals surface area contributed by atoms with E-state index in [1.165, 1.54) is 6.26 Å². The van der Waals surface area contributed by atoms with Crippen LogP contribution < -0.4 is 5.73 Å². The zero-order valence-corrected chi connectivity index (χ0v) is 12.5. The van der Waals surface area contributed by atoms with Crippen molar-refractivity contribution in [3.8, 4) is 0 Å². The second kappa shape index (κ2) is 6.37. The molecule has 20 heavy (non-hydrogen) atoms. The van der Waals surface area contributed by atoms with E-state index in [2.05, 4.69) is 9.97 Å². The molecule has 1 aromatic heterocycles. The zero-order chi connectivity index (χ0) is 14.6. The lowest BCUT2D eigenvalue weighted by Crippen LogP contribution is -1.98. The zero-order valence-electron chi connectivity index (χ0n) is 11.7. The summed E-state index contributed by atoms with van der Waals surface area (Å²) in [5, 5.41) is 0. The Morgan fingerprint density at radius 2 is 1.95 bits per heavy atom. The van der Waals surface area contributed by atoms with Gasteiger partial charge in [-0.25, -0.2) is 13.4 Å². The summed E-state index contributed by atoms with van der Waals surface area (Å²) in [5.41, 5.74) is 7.05. The van der Waals surface area contributed by atoms with E-state index in [0.29, 0.717) is 4.90 Å². The fourth-order valence-electron chi connectivity index (χ4n) is 2.18. The number of aromatic nitrogens is 2. The van der Waals surface area contributed by atoms with Crippen molar-refractivity contribution in [2.45, 2.75) is 37.0 Å². The molecule has 0 saturated heterocycles. The highest BCUT2D eigenvalue weighted by atomic mass is 32.2. The number of benzene rings is 1. The van der Waals surface area contributed by atoms with Crippen LogP contribution in [0.15, 0.2) is 23.1 Å². The van der Waals surface area contributed by atoms with Crippen molar-refractivity contribution in [3.63, 3.8) is 0 Å². The molecule has 0 aliphatic rings. The maximum absolute atomic E-state index is 11.5. The molecule has 0 bridgehead atoms. The number of aromatic amines is 1. The van der Waals surface area contributed by atoms with Crippen molar-refractivity contribution < 1.29 is 8.42 Å². The molecule has 2 aromatic rings. The lowest BCUT2D eigenvalue weighted by atomic mass is 10.1. The largest absolute Gasteiger partial charge is 0.342 e. The molecule has 0 aliphatic carbocycles. The van der Waals surface area contributed by atoms with Crippen LogP contribution in [0, 0.1) is 0 Å². The monoisotopic (exact) mass is 295 g/mol.